The summed E-state index contributed by atoms with van der Waals surface area (Å²) in [6.45, 7) is 1.92. The second kappa shape index (κ2) is 9.80. The predicted octanol–water partition coefficient (Wildman–Crippen LogP) is 3.23. The fraction of sp³-hybridized carbons (Fsp3) is 0.261. The summed E-state index contributed by atoms with van der Waals surface area (Å²) in [4.78, 5) is 37.5. The Hall–Kier alpha value is -3.81. The van der Waals surface area contributed by atoms with Gasteiger partial charge in [-0.3, -0.25) is 9.59 Å². The molecule has 0 aliphatic rings. The molecule has 1 N–H and O–H groups in total. The van der Waals surface area contributed by atoms with Gasteiger partial charge in [-0.1, -0.05) is 24.3 Å². The minimum atomic E-state index is -0.806. The molecule has 0 fully saturated rings. The molecular weight excluding hydrogens is 402 g/mol. The van der Waals surface area contributed by atoms with Crippen LogP contribution in [0.25, 0.3) is 11.0 Å². The molecule has 0 spiro atoms. The first-order valence-corrected chi connectivity index (χ1v) is 9.68. The third-order valence-electron chi connectivity index (χ3n) is 4.69. The van der Waals surface area contributed by atoms with Crippen molar-refractivity contribution in [2.24, 2.45) is 0 Å². The first-order chi connectivity index (χ1) is 15.0. The molecule has 0 aliphatic heterocycles. The van der Waals surface area contributed by atoms with Gasteiger partial charge >= 0.3 is 11.6 Å². The van der Waals surface area contributed by atoms with E-state index in [1.807, 2.05) is 0 Å². The normalized spacial score (nSPS) is 11.6. The van der Waals surface area contributed by atoms with Gasteiger partial charge in [0.1, 0.15) is 11.3 Å². The molecule has 0 unspecified atom stereocenters. The van der Waals surface area contributed by atoms with Crippen LogP contribution in [0.3, 0.4) is 0 Å². The van der Waals surface area contributed by atoms with Gasteiger partial charge in [-0.05, 0) is 36.8 Å². The number of hydrogen-bond donors (Lipinski definition) is 1. The third-order valence-corrected chi connectivity index (χ3v) is 4.69. The number of nitrogens with one attached hydrogen (secondary N) is 1. The molecule has 1 aromatic heterocycles. The summed E-state index contributed by atoms with van der Waals surface area (Å²) in [6.07, 6.45) is -0.0986. The fourth-order valence-electron chi connectivity index (χ4n) is 3.15. The van der Waals surface area contributed by atoms with Gasteiger partial charge < -0.3 is 23.9 Å². The molecule has 0 saturated heterocycles. The molecular formula is C23H23NO7. The predicted molar refractivity (Wildman–Crippen MR) is 113 cm³/mol. The van der Waals surface area contributed by atoms with Crippen molar-refractivity contribution in [1.29, 1.82) is 0 Å². The average molecular weight is 425 g/mol. The molecule has 2 aromatic carbocycles. The molecule has 0 saturated carbocycles. The van der Waals surface area contributed by atoms with Gasteiger partial charge in [-0.25, -0.2) is 4.79 Å². The summed E-state index contributed by atoms with van der Waals surface area (Å²) >= 11 is 0. The minimum absolute atomic E-state index is 0.0986. The van der Waals surface area contributed by atoms with Crippen molar-refractivity contribution < 1.29 is 28.2 Å². The Morgan fingerprint density at radius 2 is 1.81 bits per heavy atom. The summed E-state index contributed by atoms with van der Waals surface area (Å²) in [6, 6.07) is 12.7. The van der Waals surface area contributed by atoms with E-state index in [1.165, 1.54) is 13.2 Å². The summed E-state index contributed by atoms with van der Waals surface area (Å²) in [5, 5.41) is 3.28. The molecule has 0 aliphatic carbocycles. The Balaban J connectivity index is 1.92. The maximum Gasteiger partial charge on any atom is 0.349 e. The van der Waals surface area contributed by atoms with Gasteiger partial charge in [0, 0.05) is 5.39 Å². The highest BCUT2D eigenvalue weighted by Gasteiger charge is 2.23. The molecule has 31 heavy (non-hydrogen) atoms. The molecule has 1 heterocycles. The number of carbonyl (C=O) groups is 2. The van der Waals surface area contributed by atoms with Crippen molar-refractivity contribution in [1.82, 2.24) is 5.32 Å². The van der Waals surface area contributed by atoms with Crippen LogP contribution in [-0.2, 0) is 9.53 Å². The monoisotopic (exact) mass is 425 g/mol. The van der Waals surface area contributed by atoms with Crippen LogP contribution >= 0.6 is 0 Å². The Bertz CT molecular complexity index is 1130. The van der Waals surface area contributed by atoms with Gasteiger partial charge in [0.25, 0.3) is 5.91 Å². The average Bonchev–Trinajstić information content (AvgIpc) is 2.78. The van der Waals surface area contributed by atoms with Crippen LogP contribution in [0.4, 0.5) is 0 Å². The third kappa shape index (κ3) is 5.03. The number of methoxy groups -OCH3 is 2. The fourth-order valence-corrected chi connectivity index (χ4v) is 3.15. The van der Waals surface area contributed by atoms with Gasteiger partial charge in [-0.2, -0.15) is 0 Å². The lowest BCUT2D eigenvalue weighted by molar-refractivity contribution is -0.143. The zero-order chi connectivity index (χ0) is 22.4. The highest BCUT2D eigenvalue weighted by Crippen LogP contribution is 2.25. The molecule has 162 valence electrons. The quantitative estimate of drug-likeness (QED) is 0.436. The van der Waals surface area contributed by atoms with E-state index in [-0.39, 0.29) is 24.2 Å². The van der Waals surface area contributed by atoms with Crippen LogP contribution in [0, 0.1) is 0 Å². The zero-order valence-electron chi connectivity index (χ0n) is 17.5. The molecule has 0 radical (unpaired) electrons. The van der Waals surface area contributed by atoms with Crippen LogP contribution < -0.4 is 20.4 Å². The summed E-state index contributed by atoms with van der Waals surface area (Å²) in [5.74, 6) is -0.114. The first kappa shape index (κ1) is 21.9. The maximum absolute atomic E-state index is 12.9. The first-order valence-electron chi connectivity index (χ1n) is 9.68. The smallest absolute Gasteiger partial charge is 0.349 e. The van der Waals surface area contributed by atoms with E-state index in [4.69, 9.17) is 18.6 Å². The van der Waals surface area contributed by atoms with E-state index in [0.717, 1.165) is 0 Å². The number of carbonyl (C=O) groups excluding carboxylic acids is 2. The SMILES string of the molecule is CCOC(=O)C[C@H](NC(=O)c1cc2cccc(OC)c2oc1=O)c1ccc(OC)cc1. The molecule has 8 nitrogen and oxygen atoms in total. The number of amides is 1. The number of esters is 1. The highest BCUT2D eigenvalue weighted by molar-refractivity contribution is 5.97. The Kier molecular flexibility index (Phi) is 6.92. The summed E-state index contributed by atoms with van der Waals surface area (Å²) in [7, 11) is 3.01. The van der Waals surface area contributed by atoms with Crippen LogP contribution in [0.2, 0.25) is 0 Å². The van der Waals surface area contributed by atoms with Crippen molar-refractivity contribution in [3.05, 3.63) is 70.1 Å². The van der Waals surface area contributed by atoms with Gasteiger partial charge in [-0.15, -0.1) is 0 Å². The van der Waals surface area contributed by atoms with E-state index in [2.05, 4.69) is 5.32 Å². The van der Waals surface area contributed by atoms with Crippen LogP contribution in [0.15, 0.2) is 57.7 Å². The highest BCUT2D eigenvalue weighted by atomic mass is 16.5. The topological polar surface area (TPSA) is 104 Å². The Morgan fingerprint density at radius 1 is 1.06 bits per heavy atom. The van der Waals surface area contributed by atoms with E-state index in [9.17, 15) is 14.4 Å². The van der Waals surface area contributed by atoms with Crippen molar-refractivity contribution >= 4 is 22.8 Å². The number of hydrogen-bond acceptors (Lipinski definition) is 7. The van der Waals surface area contributed by atoms with E-state index >= 15 is 0 Å². The number of rotatable bonds is 8. The van der Waals surface area contributed by atoms with Crippen molar-refractivity contribution in [3.63, 3.8) is 0 Å². The molecule has 8 heteroatoms. The number of benzene rings is 2. The number of para-hydroxylation sites is 1. The van der Waals surface area contributed by atoms with Crippen LogP contribution in [0.1, 0.15) is 35.3 Å². The van der Waals surface area contributed by atoms with Crippen LogP contribution in [0.5, 0.6) is 11.5 Å². The second-order valence-corrected chi connectivity index (χ2v) is 6.63. The zero-order valence-corrected chi connectivity index (χ0v) is 17.5. The lowest BCUT2D eigenvalue weighted by Crippen LogP contribution is -2.33. The van der Waals surface area contributed by atoms with Crippen molar-refractivity contribution in [2.75, 3.05) is 20.8 Å². The largest absolute Gasteiger partial charge is 0.497 e. The number of ether oxygens (including phenoxy) is 3. The standard InChI is InChI=1S/C23H23NO7/c1-4-30-20(25)13-18(14-8-10-16(28-2)11-9-14)24-22(26)17-12-15-6-5-7-19(29-3)21(15)31-23(17)27/h5-12,18H,4,13H2,1-3H3,(H,24,26)/t18-/m0/s1. The summed E-state index contributed by atoms with van der Waals surface area (Å²) < 4.78 is 20.7. The van der Waals surface area contributed by atoms with Crippen molar-refractivity contribution in [3.8, 4) is 11.5 Å². The molecule has 3 rings (SSSR count). The summed E-state index contributed by atoms with van der Waals surface area (Å²) in [5.41, 5.74) is -0.0685. The molecule has 0 bridgehead atoms. The Morgan fingerprint density at radius 3 is 2.45 bits per heavy atom. The van der Waals surface area contributed by atoms with Gasteiger partial charge in [0.15, 0.2) is 11.3 Å². The van der Waals surface area contributed by atoms with E-state index < -0.39 is 23.5 Å². The maximum atomic E-state index is 12.9. The van der Waals surface area contributed by atoms with Crippen molar-refractivity contribution in [2.45, 2.75) is 19.4 Å². The number of fused-ring (bicyclic) bond motifs is 1. The van der Waals surface area contributed by atoms with Gasteiger partial charge in [0.05, 0.1) is 33.3 Å². The Labute approximate surface area is 178 Å². The van der Waals surface area contributed by atoms with Crippen LogP contribution in [-0.4, -0.2) is 32.7 Å². The molecule has 1 atom stereocenters. The minimum Gasteiger partial charge on any atom is -0.497 e. The molecule has 3 aromatic rings. The second-order valence-electron chi connectivity index (χ2n) is 6.63. The van der Waals surface area contributed by atoms with E-state index in [1.54, 1.807) is 56.5 Å². The van der Waals surface area contributed by atoms with Gasteiger partial charge in [0.2, 0.25) is 0 Å². The molecule has 1 amide bonds. The lowest BCUT2D eigenvalue weighted by atomic mass is 10.0. The van der Waals surface area contributed by atoms with E-state index in [0.29, 0.717) is 22.4 Å². The lowest BCUT2D eigenvalue weighted by Gasteiger charge is -2.19.